The van der Waals surface area contributed by atoms with E-state index in [1.165, 1.54) is 33.4 Å². The van der Waals surface area contributed by atoms with Crippen LogP contribution in [0.25, 0.3) is 10.9 Å². The number of hydrogen-bond donors (Lipinski definition) is 1. The maximum absolute atomic E-state index is 5.53. The van der Waals surface area contributed by atoms with E-state index in [4.69, 9.17) is 9.73 Å². The number of nitrogens with one attached hydrogen (secondary N) is 1. The summed E-state index contributed by atoms with van der Waals surface area (Å²) in [4.78, 5) is 8.29. The van der Waals surface area contributed by atoms with E-state index in [0.29, 0.717) is 0 Å². The third-order valence-electron chi connectivity index (χ3n) is 4.13. The predicted molar refractivity (Wildman–Crippen MR) is 84.2 cm³/mol. The van der Waals surface area contributed by atoms with Gasteiger partial charge in [0.1, 0.15) is 5.75 Å². The van der Waals surface area contributed by atoms with Crippen LogP contribution in [0.3, 0.4) is 0 Å². The average Bonchev–Trinajstić information content (AvgIpc) is 2.84. The first-order chi connectivity index (χ1) is 9.78. The van der Waals surface area contributed by atoms with Crippen molar-refractivity contribution in [2.24, 2.45) is 4.99 Å². The highest BCUT2D eigenvalue weighted by atomic mass is 16.5. The first-order valence-corrected chi connectivity index (χ1v) is 7.53. The first kappa shape index (κ1) is 13.2. The predicted octanol–water partition coefficient (Wildman–Crippen LogP) is 3.88. The summed E-state index contributed by atoms with van der Waals surface area (Å²) in [5.41, 5.74) is 6.38. The standard InChI is InChI=1S/C17H22N2O/c1-4-6-14-17-12(7-8-18-14)13-10-16(20-3)11(5-2)9-15(13)19-17/h9-10,19H,4-8H2,1-3H3. The number of aliphatic imine (C=N–C) groups is 1. The Bertz CT molecular complexity index is 667. The molecule has 20 heavy (non-hydrogen) atoms. The minimum Gasteiger partial charge on any atom is -0.496 e. The van der Waals surface area contributed by atoms with E-state index < -0.39 is 0 Å². The van der Waals surface area contributed by atoms with Gasteiger partial charge in [0.25, 0.3) is 0 Å². The van der Waals surface area contributed by atoms with Gasteiger partial charge in [0, 0.05) is 17.4 Å². The van der Waals surface area contributed by atoms with Crippen LogP contribution in [-0.2, 0) is 12.8 Å². The second kappa shape index (κ2) is 5.31. The van der Waals surface area contributed by atoms with Gasteiger partial charge >= 0.3 is 0 Å². The summed E-state index contributed by atoms with van der Waals surface area (Å²) in [5, 5.41) is 1.30. The van der Waals surface area contributed by atoms with E-state index in [0.717, 1.165) is 38.0 Å². The third kappa shape index (κ3) is 2.01. The molecule has 0 aliphatic carbocycles. The number of H-pyrrole nitrogens is 1. The van der Waals surface area contributed by atoms with Gasteiger partial charge in [-0.15, -0.1) is 0 Å². The Morgan fingerprint density at radius 3 is 2.85 bits per heavy atom. The molecule has 3 rings (SSSR count). The van der Waals surface area contributed by atoms with Crippen LogP contribution in [0.1, 0.15) is 43.5 Å². The summed E-state index contributed by atoms with van der Waals surface area (Å²) in [6.07, 6.45) is 4.20. The Kier molecular flexibility index (Phi) is 3.51. The molecule has 1 aromatic heterocycles. The van der Waals surface area contributed by atoms with E-state index in [1.54, 1.807) is 7.11 Å². The first-order valence-electron chi connectivity index (χ1n) is 7.53. The molecule has 0 bridgehead atoms. The van der Waals surface area contributed by atoms with Crippen LogP contribution in [0.15, 0.2) is 17.1 Å². The fourth-order valence-electron chi connectivity index (χ4n) is 3.12. The van der Waals surface area contributed by atoms with Crippen molar-refractivity contribution < 1.29 is 4.74 Å². The molecule has 0 unspecified atom stereocenters. The molecule has 2 aromatic rings. The highest BCUT2D eigenvalue weighted by molar-refractivity contribution is 6.06. The summed E-state index contributed by atoms with van der Waals surface area (Å²) in [6.45, 7) is 5.28. The topological polar surface area (TPSA) is 37.4 Å². The molecular formula is C17H22N2O. The smallest absolute Gasteiger partial charge is 0.122 e. The SMILES string of the molecule is CCCC1=NCCc2c1[nH]c1cc(CC)c(OC)cc21. The van der Waals surface area contributed by atoms with Crippen molar-refractivity contribution in [1.82, 2.24) is 4.98 Å². The van der Waals surface area contributed by atoms with E-state index in [-0.39, 0.29) is 0 Å². The Balaban J connectivity index is 2.19. The van der Waals surface area contributed by atoms with Gasteiger partial charge in [0.05, 0.1) is 18.5 Å². The number of rotatable bonds is 4. The highest BCUT2D eigenvalue weighted by Gasteiger charge is 2.20. The molecule has 1 aromatic carbocycles. The molecule has 0 spiro atoms. The lowest BCUT2D eigenvalue weighted by Gasteiger charge is -2.12. The van der Waals surface area contributed by atoms with Crippen molar-refractivity contribution in [3.63, 3.8) is 0 Å². The van der Waals surface area contributed by atoms with Crippen LogP contribution in [0.2, 0.25) is 0 Å². The molecule has 1 N–H and O–H groups in total. The van der Waals surface area contributed by atoms with Gasteiger partial charge in [-0.05, 0) is 42.5 Å². The molecule has 0 amide bonds. The Hall–Kier alpha value is -1.77. The molecule has 1 aliphatic rings. The monoisotopic (exact) mass is 270 g/mol. The minimum absolute atomic E-state index is 0.910. The van der Waals surface area contributed by atoms with Gasteiger partial charge in [-0.3, -0.25) is 4.99 Å². The minimum atomic E-state index is 0.910. The van der Waals surface area contributed by atoms with Crippen LogP contribution >= 0.6 is 0 Å². The van der Waals surface area contributed by atoms with Crippen LogP contribution in [0.4, 0.5) is 0 Å². The second-order valence-corrected chi connectivity index (χ2v) is 5.37. The normalized spacial score (nSPS) is 14.2. The van der Waals surface area contributed by atoms with Crippen molar-refractivity contribution in [3.05, 3.63) is 29.0 Å². The molecule has 0 saturated heterocycles. The lowest BCUT2D eigenvalue weighted by molar-refractivity contribution is 0.411. The number of fused-ring (bicyclic) bond motifs is 3. The number of aryl methyl sites for hydroxylation is 1. The highest BCUT2D eigenvalue weighted by Crippen LogP contribution is 2.32. The number of nitrogens with zero attached hydrogens (tertiary/aromatic N) is 1. The summed E-state index contributed by atoms with van der Waals surface area (Å²) in [7, 11) is 1.75. The molecular weight excluding hydrogens is 248 g/mol. The number of ether oxygens (including phenoxy) is 1. The number of benzene rings is 1. The molecule has 1 aliphatic heterocycles. The van der Waals surface area contributed by atoms with E-state index >= 15 is 0 Å². The maximum atomic E-state index is 5.53. The van der Waals surface area contributed by atoms with E-state index in [1.807, 2.05) is 0 Å². The Morgan fingerprint density at radius 1 is 1.30 bits per heavy atom. The molecule has 3 heteroatoms. The zero-order valence-corrected chi connectivity index (χ0v) is 12.5. The Labute approximate surface area is 120 Å². The lowest BCUT2D eigenvalue weighted by Crippen LogP contribution is -2.11. The van der Waals surface area contributed by atoms with Crippen molar-refractivity contribution in [2.75, 3.05) is 13.7 Å². The van der Waals surface area contributed by atoms with E-state index in [9.17, 15) is 0 Å². The van der Waals surface area contributed by atoms with Crippen LogP contribution < -0.4 is 4.74 Å². The van der Waals surface area contributed by atoms with Crippen LogP contribution in [-0.4, -0.2) is 24.4 Å². The van der Waals surface area contributed by atoms with Crippen molar-refractivity contribution >= 4 is 16.6 Å². The van der Waals surface area contributed by atoms with Gasteiger partial charge in [-0.25, -0.2) is 0 Å². The number of hydrogen-bond acceptors (Lipinski definition) is 2. The summed E-state index contributed by atoms with van der Waals surface area (Å²) >= 11 is 0. The van der Waals surface area contributed by atoms with Crippen molar-refractivity contribution in [1.29, 1.82) is 0 Å². The van der Waals surface area contributed by atoms with Gasteiger partial charge in [0.15, 0.2) is 0 Å². The zero-order chi connectivity index (χ0) is 14.1. The maximum Gasteiger partial charge on any atom is 0.122 e. The van der Waals surface area contributed by atoms with Gasteiger partial charge in [-0.2, -0.15) is 0 Å². The third-order valence-corrected chi connectivity index (χ3v) is 4.13. The molecule has 0 radical (unpaired) electrons. The van der Waals surface area contributed by atoms with Gasteiger partial charge in [0.2, 0.25) is 0 Å². The number of aromatic nitrogens is 1. The van der Waals surface area contributed by atoms with E-state index in [2.05, 4.69) is 31.0 Å². The fourth-order valence-corrected chi connectivity index (χ4v) is 3.12. The van der Waals surface area contributed by atoms with Crippen molar-refractivity contribution in [2.45, 2.75) is 39.5 Å². The summed E-state index contributed by atoms with van der Waals surface area (Å²) in [6, 6.07) is 4.43. The Morgan fingerprint density at radius 2 is 2.15 bits per heavy atom. The van der Waals surface area contributed by atoms with Gasteiger partial charge in [-0.1, -0.05) is 20.3 Å². The molecule has 0 fully saturated rings. The summed E-state index contributed by atoms with van der Waals surface area (Å²) in [5.74, 6) is 1.00. The van der Waals surface area contributed by atoms with Crippen LogP contribution in [0, 0.1) is 0 Å². The molecule has 0 atom stereocenters. The molecule has 0 saturated carbocycles. The largest absolute Gasteiger partial charge is 0.496 e. The quantitative estimate of drug-likeness (QED) is 0.899. The van der Waals surface area contributed by atoms with Crippen molar-refractivity contribution in [3.8, 4) is 5.75 Å². The fraction of sp³-hybridized carbons (Fsp3) is 0.471. The molecule has 3 nitrogen and oxygen atoms in total. The lowest BCUT2D eigenvalue weighted by atomic mass is 9.99. The average molecular weight is 270 g/mol. The zero-order valence-electron chi connectivity index (χ0n) is 12.5. The summed E-state index contributed by atoms with van der Waals surface area (Å²) < 4.78 is 5.53. The van der Waals surface area contributed by atoms with Gasteiger partial charge < -0.3 is 9.72 Å². The molecule has 2 heterocycles. The van der Waals surface area contributed by atoms with Crippen LogP contribution in [0.5, 0.6) is 5.75 Å². The second-order valence-electron chi connectivity index (χ2n) is 5.37. The number of methoxy groups -OCH3 is 1. The molecule has 106 valence electrons. The number of aromatic amines is 1.